The zero-order valence-electron chi connectivity index (χ0n) is 8.45. The summed E-state index contributed by atoms with van der Waals surface area (Å²) in [6.45, 7) is 6.15. The summed E-state index contributed by atoms with van der Waals surface area (Å²) in [5, 5.41) is 18.9. The lowest BCUT2D eigenvalue weighted by molar-refractivity contribution is -0.361. The topological polar surface area (TPSA) is 49.7 Å². The van der Waals surface area contributed by atoms with Crippen molar-refractivity contribution in [2.75, 3.05) is 0 Å². The average molecular weight is 186 g/mol. The van der Waals surface area contributed by atoms with Crippen LogP contribution in [0.2, 0.25) is 0 Å². The van der Waals surface area contributed by atoms with Gasteiger partial charge in [-0.25, -0.2) is 4.89 Å². The first kappa shape index (κ1) is 9.44. The Hall–Kier alpha value is -0.120. The van der Waals surface area contributed by atoms with E-state index in [1.807, 2.05) is 0 Å². The van der Waals surface area contributed by atoms with Crippen LogP contribution in [0.5, 0.6) is 0 Å². The SMILES string of the molecule is CC1(C)C2CC(OO)C(C)(O)C1C2. The molecule has 3 aliphatic rings. The molecular weight excluding hydrogens is 168 g/mol. The average Bonchev–Trinajstić information content (AvgIpc) is 2.01. The minimum absolute atomic E-state index is 0.207. The van der Waals surface area contributed by atoms with Crippen molar-refractivity contribution in [2.45, 2.75) is 45.3 Å². The van der Waals surface area contributed by atoms with Crippen LogP contribution in [0.25, 0.3) is 0 Å². The van der Waals surface area contributed by atoms with Crippen molar-refractivity contribution in [1.29, 1.82) is 0 Å². The molecule has 0 aromatic carbocycles. The molecule has 0 heterocycles. The minimum atomic E-state index is -0.868. The predicted molar refractivity (Wildman–Crippen MR) is 48.1 cm³/mol. The smallest absolute Gasteiger partial charge is 0.122 e. The Balaban J connectivity index is 2.23. The van der Waals surface area contributed by atoms with Gasteiger partial charge in [-0.3, -0.25) is 5.26 Å². The molecule has 3 saturated carbocycles. The lowest BCUT2D eigenvalue weighted by atomic mass is 9.43. The minimum Gasteiger partial charge on any atom is -0.387 e. The van der Waals surface area contributed by atoms with Crippen molar-refractivity contribution in [1.82, 2.24) is 0 Å². The summed E-state index contributed by atoms with van der Waals surface area (Å²) in [6.07, 6.45) is 1.44. The molecule has 0 aromatic rings. The molecule has 3 fully saturated rings. The largest absolute Gasteiger partial charge is 0.387 e. The number of fused-ring (bicyclic) bond motifs is 2. The van der Waals surface area contributed by atoms with Crippen LogP contribution in [0.1, 0.15) is 33.6 Å². The highest BCUT2D eigenvalue weighted by molar-refractivity contribution is 5.12. The molecule has 3 rings (SSSR count). The fourth-order valence-electron chi connectivity index (χ4n) is 3.28. The Morgan fingerprint density at radius 2 is 1.85 bits per heavy atom. The number of hydrogen-bond donors (Lipinski definition) is 2. The highest BCUT2D eigenvalue weighted by Gasteiger charge is 2.63. The van der Waals surface area contributed by atoms with Gasteiger partial charge < -0.3 is 5.11 Å². The van der Waals surface area contributed by atoms with Crippen LogP contribution in [0, 0.1) is 17.3 Å². The number of rotatable bonds is 1. The van der Waals surface area contributed by atoms with Crippen molar-refractivity contribution in [3.63, 3.8) is 0 Å². The van der Waals surface area contributed by atoms with Gasteiger partial charge in [0, 0.05) is 0 Å². The molecule has 0 aromatic heterocycles. The summed E-state index contributed by atoms with van der Waals surface area (Å²) in [5.41, 5.74) is -0.661. The van der Waals surface area contributed by atoms with E-state index in [1.165, 1.54) is 0 Å². The van der Waals surface area contributed by atoms with E-state index in [2.05, 4.69) is 18.7 Å². The van der Waals surface area contributed by atoms with E-state index in [-0.39, 0.29) is 11.3 Å². The fraction of sp³-hybridized carbons (Fsp3) is 1.00. The molecule has 76 valence electrons. The van der Waals surface area contributed by atoms with Gasteiger partial charge in [0.25, 0.3) is 0 Å². The second-order valence-electron chi connectivity index (χ2n) is 5.36. The van der Waals surface area contributed by atoms with E-state index >= 15 is 0 Å². The van der Waals surface area contributed by atoms with Crippen LogP contribution in [-0.2, 0) is 4.89 Å². The van der Waals surface area contributed by atoms with Crippen molar-refractivity contribution in [3.8, 4) is 0 Å². The van der Waals surface area contributed by atoms with Gasteiger partial charge in [-0.15, -0.1) is 0 Å². The molecule has 4 unspecified atom stereocenters. The zero-order valence-corrected chi connectivity index (χ0v) is 8.45. The van der Waals surface area contributed by atoms with Crippen molar-refractivity contribution in [2.24, 2.45) is 17.3 Å². The van der Waals surface area contributed by atoms with Gasteiger partial charge in [0.1, 0.15) is 6.10 Å². The summed E-state index contributed by atoms with van der Waals surface area (Å²) >= 11 is 0. The first-order chi connectivity index (χ1) is 5.90. The maximum absolute atomic E-state index is 10.2. The second kappa shape index (κ2) is 2.47. The Kier molecular flexibility index (Phi) is 1.79. The first-order valence-electron chi connectivity index (χ1n) is 4.93. The highest BCUT2D eigenvalue weighted by atomic mass is 17.1. The van der Waals surface area contributed by atoms with Gasteiger partial charge in [-0.1, -0.05) is 13.8 Å². The van der Waals surface area contributed by atoms with Gasteiger partial charge in [0.05, 0.1) is 5.60 Å². The molecule has 0 amide bonds. The van der Waals surface area contributed by atoms with Crippen LogP contribution in [0.4, 0.5) is 0 Å². The monoisotopic (exact) mass is 186 g/mol. The lowest BCUT2D eigenvalue weighted by Crippen LogP contribution is -2.66. The van der Waals surface area contributed by atoms with Crippen LogP contribution in [0.15, 0.2) is 0 Å². The van der Waals surface area contributed by atoms with Gasteiger partial charge in [0.15, 0.2) is 0 Å². The molecule has 0 aliphatic heterocycles. The lowest BCUT2D eigenvalue weighted by Gasteiger charge is -2.64. The third-order valence-electron chi connectivity index (χ3n) is 4.45. The van der Waals surface area contributed by atoms with Crippen molar-refractivity contribution >= 4 is 0 Å². The standard InChI is InChI=1S/C10H18O3/c1-9(2)6-4-7(9)10(3,11)8(5-6)13-12/h6-8,11-12H,4-5H2,1-3H3. The Labute approximate surface area is 78.6 Å². The van der Waals surface area contributed by atoms with Crippen molar-refractivity contribution < 1.29 is 15.3 Å². The second-order valence-corrected chi connectivity index (χ2v) is 5.36. The molecule has 3 heteroatoms. The van der Waals surface area contributed by atoms with Gasteiger partial charge >= 0.3 is 0 Å². The third kappa shape index (κ3) is 1.01. The zero-order chi connectivity index (χ0) is 9.85. The molecule has 3 nitrogen and oxygen atoms in total. The predicted octanol–water partition coefficient (Wildman–Crippen LogP) is 1.66. The van der Waals surface area contributed by atoms with E-state index in [9.17, 15) is 5.11 Å². The van der Waals surface area contributed by atoms with Crippen LogP contribution in [-0.4, -0.2) is 22.1 Å². The normalized spacial score (nSPS) is 52.8. The molecule has 3 aliphatic carbocycles. The number of hydrogen-bond acceptors (Lipinski definition) is 3. The van der Waals surface area contributed by atoms with Crippen molar-refractivity contribution in [3.05, 3.63) is 0 Å². The molecule has 0 radical (unpaired) electrons. The van der Waals surface area contributed by atoms with Gasteiger partial charge in [-0.05, 0) is 37.0 Å². The van der Waals surface area contributed by atoms with Gasteiger partial charge in [-0.2, -0.15) is 0 Å². The summed E-state index contributed by atoms with van der Waals surface area (Å²) in [5.74, 6) is 0.853. The van der Waals surface area contributed by atoms with E-state index in [1.54, 1.807) is 6.92 Å². The maximum atomic E-state index is 10.2. The first-order valence-corrected chi connectivity index (χ1v) is 4.93. The third-order valence-corrected chi connectivity index (χ3v) is 4.45. The molecule has 4 atom stereocenters. The van der Waals surface area contributed by atoms with Crippen LogP contribution < -0.4 is 0 Å². The summed E-state index contributed by atoms with van der Waals surface area (Å²) < 4.78 is 0. The summed E-state index contributed by atoms with van der Waals surface area (Å²) in [4.78, 5) is 4.35. The molecule has 0 spiro atoms. The molecular formula is C10H18O3. The Morgan fingerprint density at radius 3 is 2.23 bits per heavy atom. The van der Waals surface area contributed by atoms with E-state index < -0.39 is 11.7 Å². The quantitative estimate of drug-likeness (QED) is 0.483. The molecule has 0 saturated heterocycles. The van der Waals surface area contributed by atoms with Gasteiger partial charge in [0.2, 0.25) is 0 Å². The summed E-state index contributed by atoms with van der Waals surface area (Å²) in [7, 11) is 0. The van der Waals surface area contributed by atoms with E-state index in [0.29, 0.717) is 5.92 Å². The maximum Gasteiger partial charge on any atom is 0.122 e. The highest BCUT2D eigenvalue weighted by Crippen LogP contribution is 2.62. The summed E-state index contributed by atoms with van der Waals surface area (Å²) in [6, 6.07) is 0. The Morgan fingerprint density at radius 1 is 1.23 bits per heavy atom. The van der Waals surface area contributed by atoms with E-state index in [4.69, 9.17) is 5.26 Å². The number of aliphatic hydroxyl groups is 1. The van der Waals surface area contributed by atoms with Crippen LogP contribution >= 0.6 is 0 Å². The fourth-order valence-corrected chi connectivity index (χ4v) is 3.28. The molecule has 2 bridgehead atoms. The van der Waals surface area contributed by atoms with Crippen LogP contribution in [0.3, 0.4) is 0 Å². The molecule has 2 N–H and O–H groups in total. The van der Waals surface area contributed by atoms with E-state index in [0.717, 1.165) is 12.8 Å². The molecule has 13 heavy (non-hydrogen) atoms. The Bertz CT molecular complexity index is 222.